The van der Waals surface area contributed by atoms with Crippen LogP contribution in [0.25, 0.3) is 11.1 Å². The number of hydrogen-bond acceptors (Lipinski definition) is 4. The summed E-state index contributed by atoms with van der Waals surface area (Å²) in [5, 5.41) is 10.7. The van der Waals surface area contributed by atoms with Gasteiger partial charge >= 0.3 is 0 Å². The first-order valence-corrected chi connectivity index (χ1v) is 6.76. The molecule has 1 saturated carbocycles. The van der Waals surface area contributed by atoms with Gasteiger partial charge in [0.05, 0.1) is 4.92 Å². The second-order valence-electron chi connectivity index (χ2n) is 5.22. The fraction of sp³-hybridized carbons (Fsp3) is 0.500. The molecule has 0 aliphatic heterocycles. The van der Waals surface area contributed by atoms with Gasteiger partial charge in [-0.1, -0.05) is 19.3 Å². The number of benzene rings is 1. The summed E-state index contributed by atoms with van der Waals surface area (Å²) in [5.74, 6) is 1.36. The molecule has 5 heteroatoms. The van der Waals surface area contributed by atoms with Crippen LogP contribution >= 0.6 is 0 Å². The average Bonchev–Trinajstić information content (AvgIpc) is 2.80. The molecule has 1 aliphatic rings. The zero-order chi connectivity index (χ0) is 13.2. The van der Waals surface area contributed by atoms with E-state index in [1.807, 2.05) is 0 Å². The molecule has 100 valence electrons. The summed E-state index contributed by atoms with van der Waals surface area (Å²) in [6.45, 7) is 0. The molecule has 5 nitrogen and oxygen atoms in total. The van der Waals surface area contributed by atoms with Crippen LogP contribution in [0.5, 0.6) is 0 Å². The highest BCUT2D eigenvalue weighted by Gasteiger charge is 2.18. The van der Waals surface area contributed by atoms with Crippen LogP contribution in [0.2, 0.25) is 0 Å². The highest BCUT2D eigenvalue weighted by atomic mass is 16.6. The van der Waals surface area contributed by atoms with Gasteiger partial charge in [0, 0.05) is 18.6 Å². The zero-order valence-electron chi connectivity index (χ0n) is 10.7. The van der Waals surface area contributed by atoms with Gasteiger partial charge in [0.2, 0.25) is 0 Å². The summed E-state index contributed by atoms with van der Waals surface area (Å²) in [6, 6.07) is 4.56. The van der Waals surface area contributed by atoms with Crippen molar-refractivity contribution in [1.29, 1.82) is 0 Å². The van der Waals surface area contributed by atoms with E-state index in [2.05, 4.69) is 4.98 Å². The van der Waals surface area contributed by atoms with Crippen LogP contribution < -0.4 is 0 Å². The lowest BCUT2D eigenvalue weighted by molar-refractivity contribution is -0.384. The Labute approximate surface area is 110 Å². The average molecular weight is 260 g/mol. The van der Waals surface area contributed by atoms with Crippen molar-refractivity contribution in [3.63, 3.8) is 0 Å². The second kappa shape index (κ2) is 4.99. The SMILES string of the molecule is O=[N+]([O-])c1ccc2oc(CC3CCCCC3)nc2c1. The summed E-state index contributed by atoms with van der Waals surface area (Å²) in [7, 11) is 0. The molecule has 19 heavy (non-hydrogen) atoms. The Morgan fingerprint density at radius 1 is 1.32 bits per heavy atom. The Bertz CT molecular complexity index is 600. The Morgan fingerprint density at radius 2 is 2.11 bits per heavy atom. The third-order valence-electron chi connectivity index (χ3n) is 3.81. The highest BCUT2D eigenvalue weighted by Crippen LogP contribution is 2.28. The maximum Gasteiger partial charge on any atom is 0.271 e. The van der Waals surface area contributed by atoms with Crippen LogP contribution in [0.3, 0.4) is 0 Å². The fourth-order valence-electron chi connectivity index (χ4n) is 2.80. The molecule has 1 aromatic heterocycles. The minimum absolute atomic E-state index is 0.0602. The van der Waals surface area contributed by atoms with Crippen molar-refractivity contribution in [2.24, 2.45) is 5.92 Å². The monoisotopic (exact) mass is 260 g/mol. The molecule has 3 rings (SSSR count). The lowest BCUT2D eigenvalue weighted by atomic mass is 9.87. The van der Waals surface area contributed by atoms with E-state index in [9.17, 15) is 10.1 Å². The van der Waals surface area contributed by atoms with Crippen molar-refractivity contribution < 1.29 is 9.34 Å². The summed E-state index contributed by atoms with van der Waals surface area (Å²) >= 11 is 0. The highest BCUT2D eigenvalue weighted by molar-refractivity contribution is 5.75. The fourth-order valence-corrected chi connectivity index (χ4v) is 2.80. The molecule has 0 atom stereocenters. The minimum atomic E-state index is -0.408. The molecule has 1 aliphatic carbocycles. The summed E-state index contributed by atoms with van der Waals surface area (Å²) in [5.41, 5.74) is 1.28. The predicted molar refractivity (Wildman–Crippen MR) is 70.9 cm³/mol. The molecule has 0 amide bonds. The van der Waals surface area contributed by atoms with Crippen LogP contribution in [0.15, 0.2) is 22.6 Å². The standard InChI is InChI=1S/C14H16N2O3/c17-16(18)11-6-7-13-12(9-11)15-14(19-13)8-10-4-2-1-3-5-10/h6-7,9-10H,1-5,8H2. The van der Waals surface area contributed by atoms with E-state index in [1.54, 1.807) is 6.07 Å². The van der Waals surface area contributed by atoms with E-state index in [0.717, 1.165) is 6.42 Å². The molecule has 0 saturated heterocycles. The van der Waals surface area contributed by atoms with Crippen molar-refractivity contribution in [2.45, 2.75) is 38.5 Å². The number of nitro benzene ring substituents is 1. The van der Waals surface area contributed by atoms with Gasteiger partial charge < -0.3 is 4.42 Å². The number of nitro groups is 1. The normalized spacial score (nSPS) is 16.8. The Hall–Kier alpha value is -1.91. The van der Waals surface area contributed by atoms with Crippen molar-refractivity contribution in [3.05, 3.63) is 34.2 Å². The maximum absolute atomic E-state index is 10.7. The van der Waals surface area contributed by atoms with Gasteiger partial charge in [-0.05, 0) is 24.8 Å². The van der Waals surface area contributed by atoms with E-state index < -0.39 is 4.92 Å². The van der Waals surface area contributed by atoms with Gasteiger partial charge in [-0.15, -0.1) is 0 Å². The van der Waals surface area contributed by atoms with E-state index in [0.29, 0.717) is 22.9 Å². The smallest absolute Gasteiger partial charge is 0.271 e. The molecule has 0 unspecified atom stereocenters. The third-order valence-corrected chi connectivity index (χ3v) is 3.81. The molecule has 1 aromatic carbocycles. The zero-order valence-corrected chi connectivity index (χ0v) is 10.7. The summed E-state index contributed by atoms with van der Waals surface area (Å²) in [6.07, 6.45) is 7.23. The van der Waals surface area contributed by atoms with E-state index >= 15 is 0 Å². The number of aromatic nitrogens is 1. The van der Waals surface area contributed by atoms with Crippen LogP contribution in [0.1, 0.15) is 38.0 Å². The van der Waals surface area contributed by atoms with Gasteiger partial charge in [0.15, 0.2) is 11.5 Å². The Morgan fingerprint density at radius 3 is 2.84 bits per heavy atom. The first-order chi connectivity index (χ1) is 9.22. The van der Waals surface area contributed by atoms with Crippen LogP contribution in [-0.4, -0.2) is 9.91 Å². The van der Waals surface area contributed by atoms with Gasteiger partial charge in [0.1, 0.15) is 5.52 Å². The van der Waals surface area contributed by atoms with Crippen molar-refractivity contribution in [2.75, 3.05) is 0 Å². The van der Waals surface area contributed by atoms with Crippen LogP contribution in [0, 0.1) is 16.0 Å². The lowest BCUT2D eigenvalue weighted by Crippen LogP contribution is -2.09. The number of nitrogens with zero attached hydrogens (tertiary/aromatic N) is 2. The first kappa shape index (κ1) is 12.1. The molecule has 0 radical (unpaired) electrons. The van der Waals surface area contributed by atoms with Crippen molar-refractivity contribution in [1.82, 2.24) is 4.98 Å². The molecule has 1 fully saturated rings. The molecule has 0 spiro atoms. The Balaban J connectivity index is 1.82. The maximum atomic E-state index is 10.7. The minimum Gasteiger partial charge on any atom is -0.441 e. The van der Waals surface area contributed by atoms with Gasteiger partial charge in [-0.2, -0.15) is 0 Å². The quantitative estimate of drug-likeness (QED) is 0.620. The Kier molecular flexibility index (Phi) is 3.19. The molecule has 0 bridgehead atoms. The molecular weight excluding hydrogens is 244 g/mol. The number of oxazole rings is 1. The van der Waals surface area contributed by atoms with Gasteiger partial charge in [-0.25, -0.2) is 4.98 Å². The van der Waals surface area contributed by atoms with Gasteiger partial charge in [0.25, 0.3) is 5.69 Å². The largest absolute Gasteiger partial charge is 0.441 e. The number of rotatable bonds is 3. The third kappa shape index (κ3) is 2.59. The van der Waals surface area contributed by atoms with E-state index in [4.69, 9.17) is 4.42 Å². The van der Waals surface area contributed by atoms with Gasteiger partial charge in [-0.3, -0.25) is 10.1 Å². The van der Waals surface area contributed by atoms with E-state index in [1.165, 1.54) is 44.2 Å². The number of non-ortho nitro benzene ring substituents is 1. The molecule has 2 aromatic rings. The molecular formula is C14H16N2O3. The van der Waals surface area contributed by atoms with Crippen molar-refractivity contribution in [3.8, 4) is 0 Å². The summed E-state index contributed by atoms with van der Waals surface area (Å²) < 4.78 is 5.67. The van der Waals surface area contributed by atoms with Crippen LogP contribution in [0.4, 0.5) is 5.69 Å². The number of hydrogen-bond donors (Lipinski definition) is 0. The van der Waals surface area contributed by atoms with Crippen LogP contribution in [-0.2, 0) is 6.42 Å². The second-order valence-corrected chi connectivity index (χ2v) is 5.22. The molecule has 1 heterocycles. The number of fused-ring (bicyclic) bond motifs is 1. The van der Waals surface area contributed by atoms with Crippen molar-refractivity contribution >= 4 is 16.8 Å². The molecule has 0 N–H and O–H groups in total. The van der Waals surface area contributed by atoms with E-state index in [-0.39, 0.29) is 5.69 Å². The first-order valence-electron chi connectivity index (χ1n) is 6.76. The lowest BCUT2D eigenvalue weighted by Gasteiger charge is -2.19. The topological polar surface area (TPSA) is 69.2 Å². The predicted octanol–water partition coefficient (Wildman–Crippen LogP) is 3.86. The summed E-state index contributed by atoms with van der Waals surface area (Å²) in [4.78, 5) is 14.7.